The average Bonchev–Trinajstić information content (AvgIpc) is 4.15. The summed E-state index contributed by atoms with van der Waals surface area (Å²) in [5.41, 5.74) is 14.2. The summed E-state index contributed by atoms with van der Waals surface area (Å²) in [5, 5.41) is 26.7. The van der Waals surface area contributed by atoms with E-state index in [-0.39, 0.29) is 61.1 Å². The molecule has 408 valence electrons. The van der Waals surface area contributed by atoms with Crippen LogP contribution in [0.5, 0.6) is 11.6 Å². The van der Waals surface area contributed by atoms with Crippen molar-refractivity contribution in [3.63, 3.8) is 0 Å². The molecule has 0 radical (unpaired) electrons. The van der Waals surface area contributed by atoms with Crippen molar-refractivity contribution in [3.05, 3.63) is 83.4 Å². The summed E-state index contributed by atoms with van der Waals surface area (Å²) in [6, 6.07) is 15.1. The number of methoxy groups -OCH3 is 1. The monoisotopic (exact) mass is 1040 g/mol. The maximum Gasteiger partial charge on any atom is 0.303 e. The number of carbonyl (C=O) groups excluding carboxylic acids is 4. The molecule has 2 aliphatic rings. The maximum atomic E-state index is 15.1. The lowest BCUT2D eigenvalue weighted by Gasteiger charge is -2.36. The highest BCUT2D eigenvalue weighted by molar-refractivity contribution is 6.09. The van der Waals surface area contributed by atoms with Crippen LogP contribution in [-0.4, -0.2) is 157 Å². The van der Waals surface area contributed by atoms with Crippen molar-refractivity contribution < 1.29 is 43.0 Å². The number of benzene rings is 1. The molecule has 75 heavy (non-hydrogen) atoms. The molecule has 4 amide bonds. The van der Waals surface area contributed by atoms with Crippen LogP contribution in [-0.2, 0) is 32.1 Å². The number of hydrogen-bond acceptors (Lipinski definition) is 14. The molecular formula is C54H80N13O8+. The van der Waals surface area contributed by atoms with Gasteiger partial charge >= 0.3 is 5.97 Å². The number of aliphatic carboxylic acids is 1. The second-order valence-corrected chi connectivity index (χ2v) is 21.1. The maximum absolute atomic E-state index is 15.1. The van der Waals surface area contributed by atoms with E-state index in [2.05, 4.69) is 50.0 Å². The van der Waals surface area contributed by atoms with Gasteiger partial charge < -0.3 is 51.4 Å². The quantitative estimate of drug-likeness (QED) is 0.0394. The number of anilines is 2. The first-order valence-electron chi connectivity index (χ1n) is 26.4. The molecule has 0 spiro atoms. The number of ether oxygens (including phenoxy) is 2. The van der Waals surface area contributed by atoms with Gasteiger partial charge in [-0.1, -0.05) is 25.1 Å². The number of amides is 4. The van der Waals surface area contributed by atoms with E-state index in [1.807, 2.05) is 62.5 Å². The number of rotatable bonds is 31. The largest absolute Gasteiger partial charge is 0.497 e. The highest BCUT2D eigenvalue weighted by atomic mass is 16.5. The zero-order valence-electron chi connectivity index (χ0n) is 44.6. The van der Waals surface area contributed by atoms with Crippen molar-refractivity contribution in [1.29, 1.82) is 0 Å². The molecule has 2 fully saturated rings. The lowest BCUT2D eigenvalue weighted by atomic mass is 9.88. The zero-order valence-corrected chi connectivity index (χ0v) is 44.6. The van der Waals surface area contributed by atoms with Gasteiger partial charge in [0.15, 0.2) is 0 Å². The Labute approximate surface area is 441 Å². The van der Waals surface area contributed by atoms with Gasteiger partial charge in [-0.3, -0.25) is 33.6 Å². The number of piperidine rings is 1. The molecule has 4 heterocycles. The van der Waals surface area contributed by atoms with Crippen molar-refractivity contribution in [3.8, 4) is 11.6 Å². The van der Waals surface area contributed by atoms with Crippen molar-refractivity contribution in [1.82, 2.24) is 40.9 Å². The van der Waals surface area contributed by atoms with Crippen LogP contribution in [0.1, 0.15) is 98.4 Å². The van der Waals surface area contributed by atoms with Crippen molar-refractivity contribution in [2.24, 2.45) is 28.7 Å². The van der Waals surface area contributed by atoms with Crippen molar-refractivity contribution in [2.45, 2.75) is 91.0 Å². The molecule has 4 aromatic rings. The van der Waals surface area contributed by atoms with Crippen LogP contribution < -0.4 is 46.7 Å². The highest BCUT2D eigenvalue weighted by Gasteiger charge is 2.35. The van der Waals surface area contributed by atoms with Gasteiger partial charge in [0.1, 0.15) is 11.6 Å². The second kappa shape index (κ2) is 27.7. The Morgan fingerprint density at radius 1 is 0.907 bits per heavy atom. The Kier molecular flexibility index (Phi) is 21.3. The van der Waals surface area contributed by atoms with Crippen molar-refractivity contribution >= 4 is 41.1 Å². The normalized spacial score (nSPS) is 14.5. The third-order valence-electron chi connectivity index (χ3n) is 14.2. The van der Waals surface area contributed by atoms with Crippen LogP contribution in [0.15, 0.2) is 60.9 Å². The van der Waals surface area contributed by atoms with Gasteiger partial charge in [0.25, 0.3) is 5.91 Å². The van der Waals surface area contributed by atoms with Crippen molar-refractivity contribution in [2.75, 3.05) is 103 Å². The molecule has 1 saturated carbocycles. The minimum absolute atomic E-state index is 0.0250. The molecule has 1 saturated heterocycles. The molecule has 0 unspecified atom stereocenters. The number of likely N-dealkylation sites (N-methyl/N-ethyl adjacent to an activating group) is 1. The standard InChI is InChI=1S/C54H79N13O8/c1-38-7-6-8-47(61-38)66(37-54(2,3)18-27-65-35-42(62-63-65)32-50(70)59-24-30-67(4,28-16-48(68)57-22-19-55)29-17-49(69)58-23-20-56)53(73)44-12-11-43(74-5)33-46(44)64-25-14-39(15-26-64)36-75-51-31-41(13-21-60-51)45(34-52(71)72)40-9-10-40/h6-8,11-13,21,31,33,35,39-40,45H,9-10,14-20,22-30,32,34,36-37,55-56H2,1-5H3,(H3-,57,58,59,68,69,70,71,72)/p+1/t45-/m0/s1. The van der Waals surface area contributed by atoms with Crippen LogP contribution in [0.2, 0.25) is 0 Å². The van der Waals surface area contributed by atoms with E-state index >= 15 is 4.79 Å². The SMILES string of the molecule is COc1ccc(C(=O)N(CC(C)(C)CCn2cc(CC(=O)NCC[N+](C)(CCC(=O)NCCN)CCC(=O)NCCN)nn2)c2cccc(C)n2)c(N2CCC(COc3cc([C@@H](CC(=O)O)C4CC4)ccn3)CC2)c1. The summed E-state index contributed by atoms with van der Waals surface area (Å²) < 4.78 is 14.0. The smallest absolute Gasteiger partial charge is 0.303 e. The van der Waals surface area contributed by atoms with Crippen LogP contribution in [0.3, 0.4) is 0 Å². The number of carboxylic acid groups (broad SMARTS) is 1. The van der Waals surface area contributed by atoms with Crippen LogP contribution in [0, 0.1) is 24.2 Å². The first-order valence-corrected chi connectivity index (χ1v) is 26.4. The van der Waals surface area contributed by atoms with E-state index in [0.29, 0.717) is 131 Å². The summed E-state index contributed by atoms with van der Waals surface area (Å²) in [7, 11) is 3.59. The lowest BCUT2D eigenvalue weighted by molar-refractivity contribution is -0.907. The lowest BCUT2D eigenvalue weighted by Crippen LogP contribution is -2.52. The number of carboxylic acids is 1. The van der Waals surface area contributed by atoms with E-state index in [1.54, 1.807) is 29.1 Å². The number of carbonyl (C=O) groups is 5. The van der Waals surface area contributed by atoms with Gasteiger partial charge in [-0.25, -0.2) is 9.97 Å². The zero-order chi connectivity index (χ0) is 54.0. The molecule has 21 heteroatoms. The number of aromatic nitrogens is 5. The van der Waals surface area contributed by atoms with Crippen LogP contribution in [0.25, 0.3) is 0 Å². The molecule has 1 aliphatic carbocycles. The van der Waals surface area contributed by atoms with Gasteiger partial charge in [0.2, 0.25) is 23.6 Å². The summed E-state index contributed by atoms with van der Waals surface area (Å²) >= 11 is 0. The Balaban J connectivity index is 1.05. The minimum Gasteiger partial charge on any atom is -0.497 e. The molecule has 0 bridgehead atoms. The number of pyridine rings is 2. The summed E-state index contributed by atoms with van der Waals surface area (Å²) in [4.78, 5) is 77.9. The van der Waals surface area contributed by atoms with E-state index < -0.39 is 11.4 Å². The third-order valence-corrected chi connectivity index (χ3v) is 14.2. The Morgan fingerprint density at radius 2 is 1.60 bits per heavy atom. The topological polar surface area (TPSA) is 275 Å². The summed E-state index contributed by atoms with van der Waals surface area (Å²) in [6.07, 6.45) is 8.47. The summed E-state index contributed by atoms with van der Waals surface area (Å²) in [5.74, 6) is 0.876. The predicted molar refractivity (Wildman–Crippen MR) is 285 cm³/mol. The van der Waals surface area contributed by atoms with Gasteiger partial charge in [-0.2, -0.15) is 0 Å². The number of nitrogens with two attached hydrogens (primary N) is 2. The molecular weight excluding hydrogens is 959 g/mol. The highest BCUT2D eigenvalue weighted by Crippen LogP contribution is 2.45. The van der Waals surface area contributed by atoms with Crippen LogP contribution >= 0.6 is 0 Å². The number of nitrogens with one attached hydrogen (secondary N) is 3. The predicted octanol–water partition coefficient (Wildman–Crippen LogP) is 3.45. The fraction of sp³-hybridized carbons (Fsp3) is 0.574. The molecule has 1 aliphatic heterocycles. The molecule has 6 rings (SSSR count). The average molecular weight is 1040 g/mol. The Bertz CT molecular complexity index is 2500. The van der Waals surface area contributed by atoms with E-state index in [4.69, 9.17) is 25.9 Å². The number of aryl methyl sites for hydroxylation is 2. The van der Waals surface area contributed by atoms with Gasteiger partial charge in [-0.05, 0) is 98.1 Å². The molecule has 3 aromatic heterocycles. The molecule has 1 atom stereocenters. The second-order valence-electron chi connectivity index (χ2n) is 21.1. The fourth-order valence-corrected chi connectivity index (χ4v) is 9.51. The fourth-order valence-electron chi connectivity index (χ4n) is 9.51. The Morgan fingerprint density at radius 3 is 2.24 bits per heavy atom. The van der Waals surface area contributed by atoms with E-state index in [9.17, 15) is 24.3 Å². The van der Waals surface area contributed by atoms with Crippen LogP contribution in [0.4, 0.5) is 11.5 Å². The third kappa shape index (κ3) is 18.3. The summed E-state index contributed by atoms with van der Waals surface area (Å²) in [6.45, 7) is 12.1. The molecule has 21 nitrogen and oxygen atoms in total. The molecule has 8 N–H and O–H groups in total. The number of hydrogen-bond donors (Lipinski definition) is 6. The Hall–Kier alpha value is -6.71. The van der Waals surface area contributed by atoms with E-state index in [1.165, 1.54) is 0 Å². The van der Waals surface area contributed by atoms with Gasteiger partial charge in [0.05, 0.1) is 89.6 Å². The van der Waals surface area contributed by atoms with Gasteiger partial charge in [0, 0.05) is 82.6 Å². The van der Waals surface area contributed by atoms with E-state index in [0.717, 1.165) is 42.6 Å². The molecule has 1 aromatic carbocycles. The first kappa shape index (κ1) is 57.6. The number of quaternary nitrogens is 1. The first-order chi connectivity index (χ1) is 36.0. The minimum atomic E-state index is -0.798. The van der Waals surface area contributed by atoms with Gasteiger partial charge in [-0.15, -0.1) is 5.10 Å². The number of nitrogens with zero attached hydrogens (tertiary/aromatic N) is 8.